The van der Waals surface area contributed by atoms with E-state index in [1.807, 2.05) is 12.1 Å². The van der Waals surface area contributed by atoms with Crippen LogP contribution in [0.5, 0.6) is 5.75 Å². The number of ether oxygens (including phenoxy) is 2. The van der Waals surface area contributed by atoms with Crippen LogP contribution in [0.25, 0.3) is 10.2 Å². The van der Waals surface area contributed by atoms with Crippen molar-refractivity contribution in [3.63, 3.8) is 0 Å². The minimum atomic E-state index is -0.285. The number of morpholine rings is 1. The molecule has 1 aromatic heterocycles. The molecule has 166 valence electrons. The summed E-state index contributed by atoms with van der Waals surface area (Å²) in [5.74, 6) is 0.831. The molecule has 31 heavy (non-hydrogen) atoms. The third-order valence-corrected chi connectivity index (χ3v) is 7.64. The maximum Gasteiger partial charge on any atom is 0.323 e. The molecule has 0 atom stereocenters. The number of rotatable bonds is 3. The van der Waals surface area contributed by atoms with Crippen molar-refractivity contribution in [2.45, 2.75) is 19.3 Å². The van der Waals surface area contributed by atoms with Gasteiger partial charge in [0.2, 0.25) is 5.91 Å². The first kappa shape index (κ1) is 20.3. The first-order chi connectivity index (χ1) is 15.1. The van der Waals surface area contributed by atoms with Gasteiger partial charge in [-0.25, -0.2) is 9.78 Å². The lowest BCUT2D eigenvalue weighted by Gasteiger charge is -2.37. The molecule has 1 aromatic carbocycles. The number of likely N-dealkylation sites (tertiary alicyclic amines) is 1. The van der Waals surface area contributed by atoms with Crippen LogP contribution in [0.1, 0.15) is 19.3 Å². The number of hydrogen-bond donors (Lipinski definition) is 2. The van der Waals surface area contributed by atoms with E-state index in [-0.39, 0.29) is 17.4 Å². The number of piperidine rings is 1. The minimum absolute atomic E-state index is 0.140. The number of hydrogen-bond acceptors (Lipinski definition) is 7. The van der Waals surface area contributed by atoms with Gasteiger partial charge < -0.3 is 24.6 Å². The number of nitrogens with one attached hydrogen (secondary N) is 2. The zero-order chi connectivity index (χ0) is 21.4. The smallest absolute Gasteiger partial charge is 0.323 e. The molecule has 5 rings (SSSR count). The second-order valence-electron chi connectivity index (χ2n) is 8.29. The van der Waals surface area contributed by atoms with E-state index in [0.717, 1.165) is 42.0 Å². The van der Waals surface area contributed by atoms with Gasteiger partial charge >= 0.3 is 6.03 Å². The van der Waals surface area contributed by atoms with E-state index in [1.54, 1.807) is 12.0 Å². The molecule has 0 bridgehead atoms. The molecule has 0 radical (unpaired) electrons. The molecule has 10 heteroatoms. The van der Waals surface area contributed by atoms with Crippen LogP contribution in [-0.4, -0.2) is 74.9 Å². The van der Waals surface area contributed by atoms with Gasteiger partial charge in [0.05, 0.1) is 36.1 Å². The predicted molar refractivity (Wildman–Crippen MR) is 119 cm³/mol. The lowest BCUT2D eigenvalue weighted by molar-refractivity contribution is -0.129. The molecule has 3 fully saturated rings. The van der Waals surface area contributed by atoms with Gasteiger partial charge in [-0.05, 0) is 31.4 Å². The average Bonchev–Trinajstić information content (AvgIpc) is 3.37. The molecule has 3 amide bonds. The number of fused-ring (bicyclic) bond motifs is 1. The van der Waals surface area contributed by atoms with Crippen LogP contribution in [0.2, 0.25) is 0 Å². The molecule has 0 saturated carbocycles. The molecule has 3 aliphatic rings. The van der Waals surface area contributed by atoms with Crippen LogP contribution in [-0.2, 0) is 9.53 Å². The van der Waals surface area contributed by atoms with Gasteiger partial charge in [-0.1, -0.05) is 11.3 Å². The van der Waals surface area contributed by atoms with E-state index in [9.17, 15) is 9.59 Å². The quantitative estimate of drug-likeness (QED) is 0.753. The van der Waals surface area contributed by atoms with Crippen LogP contribution in [0, 0.1) is 5.41 Å². The summed E-state index contributed by atoms with van der Waals surface area (Å²) in [6.07, 6.45) is 2.28. The molecule has 0 unspecified atom stereocenters. The summed E-state index contributed by atoms with van der Waals surface area (Å²) in [5.41, 5.74) is 1.56. The normalized spacial score (nSPS) is 20.9. The lowest BCUT2D eigenvalue weighted by Crippen LogP contribution is -2.47. The van der Waals surface area contributed by atoms with Crippen molar-refractivity contribution in [3.8, 4) is 5.75 Å². The zero-order valence-electron chi connectivity index (χ0n) is 17.6. The number of amides is 3. The Balaban J connectivity index is 1.33. The van der Waals surface area contributed by atoms with Crippen LogP contribution >= 0.6 is 11.3 Å². The minimum Gasteiger partial charge on any atom is -0.494 e. The van der Waals surface area contributed by atoms with Gasteiger partial charge in [-0.3, -0.25) is 10.1 Å². The van der Waals surface area contributed by atoms with Crippen molar-refractivity contribution in [3.05, 3.63) is 12.1 Å². The lowest BCUT2D eigenvalue weighted by atomic mass is 9.77. The number of urea groups is 1. The molecule has 3 saturated heterocycles. The molecule has 2 N–H and O–H groups in total. The van der Waals surface area contributed by atoms with Crippen LogP contribution in [0.4, 0.5) is 15.6 Å². The molecular weight excluding hydrogens is 418 g/mol. The van der Waals surface area contributed by atoms with E-state index in [2.05, 4.69) is 20.5 Å². The molecule has 1 spiro atoms. The third kappa shape index (κ3) is 3.67. The van der Waals surface area contributed by atoms with E-state index in [4.69, 9.17) is 9.47 Å². The van der Waals surface area contributed by atoms with Gasteiger partial charge in [-0.2, -0.15) is 0 Å². The van der Waals surface area contributed by atoms with Gasteiger partial charge in [0.15, 0.2) is 5.13 Å². The van der Waals surface area contributed by atoms with E-state index in [0.29, 0.717) is 50.0 Å². The number of carbonyl (C=O) groups excluding carboxylic acids is 2. The summed E-state index contributed by atoms with van der Waals surface area (Å²) >= 11 is 1.46. The van der Waals surface area contributed by atoms with Crippen molar-refractivity contribution in [1.82, 2.24) is 15.2 Å². The Hall–Kier alpha value is -2.59. The maximum atomic E-state index is 12.9. The molecule has 4 heterocycles. The standard InChI is InChI=1S/C21H27N5O4S/c1-29-15-3-2-14(25-10-12-30-13-11-25)17-16(15)23-19(31-17)24-20(28)26-8-5-21(6-9-26)4-7-22-18(21)27/h2-3H,4-13H2,1H3,(H,22,27)(H,23,24,28). The van der Waals surface area contributed by atoms with E-state index < -0.39 is 0 Å². The predicted octanol–water partition coefficient (Wildman–Crippen LogP) is 2.28. The Morgan fingerprint density at radius 3 is 2.68 bits per heavy atom. The number of carbonyl (C=O) groups is 2. The average molecular weight is 446 g/mol. The largest absolute Gasteiger partial charge is 0.494 e. The number of anilines is 2. The fraction of sp³-hybridized carbons (Fsp3) is 0.571. The van der Waals surface area contributed by atoms with Gasteiger partial charge in [0.1, 0.15) is 11.3 Å². The van der Waals surface area contributed by atoms with E-state index in [1.165, 1.54) is 11.3 Å². The molecular formula is C21H27N5O4S. The molecule has 2 aromatic rings. The van der Waals surface area contributed by atoms with E-state index >= 15 is 0 Å². The number of nitrogens with zero attached hydrogens (tertiary/aromatic N) is 3. The highest BCUT2D eigenvalue weighted by Gasteiger charge is 2.45. The van der Waals surface area contributed by atoms with Crippen molar-refractivity contribution in [2.24, 2.45) is 5.41 Å². The van der Waals surface area contributed by atoms with Crippen LogP contribution in [0.15, 0.2) is 12.1 Å². The van der Waals surface area contributed by atoms with Gasteiger partial charge in [0.25, 0.3) is 0 Å². The second kappa shape index (κ2) is 8.16. The summed E-state index contributed by atoms with van der Waals surface area (Å²) in [6, 6.07) is 3.81. The number of thiazole rings is 1. The second-order valence-corrected chi connectivity index (χ2v) is 9.29. The third-order valence-electron chi connectivity index (χ3n) is 6.65. The van der Waals surface area contributed by atoms with Gasteiger partial charge in [-0.15, -0.1) is 0 Å². The first-order valence-electron chi connectivity index (χ1n) is 10.7. The topological polar surface area (TPSA) is 96.0 Å². The Morgan fingerprint density at radius 1 is 1.23 bits per heavy atom. The van der Waals surface area contributed by atoms with Crippen molar-refractivity contribution < 1.29 is 19.1 Å². The molecule has 3 aliphatic heterocycles. The highest BCUT2D eigenvalue weighted by Crippen LogP contribution is 2.40. The zero-order valence-corrected chi connectivity index (χ0v) is 18.4. The van der Waals surface area contributed by atoms with Crippen LogP contribution in [0.3, 0.4) is 0 Å². The number of aromatic nitrogens is 1. The Morgan fingerprint density at radius 2 is 2.00 bits per heavy atom. The summed E-state index contributed by atoms with van der Waals surface area (Å²) < 4.78 is 12.0. The Bertz CT molecular complexity index is 995. The summed E-state index contributed by atoms with van der Waals surface area (Å²) in [7, 11) is 1.63. The highest BCUT2D eigenvalue weighted by molar-refractivity contribution is 7.23. The molecule has 9 nitrogen and oxygen atoms in total. The first-order valence-corrected chi connectivity index (χ1v) is 11.6. The monoisotopic (exact) mass is 445 g/mol. The van der Waals surface area contributed by atoms with Crippen LogP contribution < -0.4 is 20.3 Å². The number of methoxy groups -OCH3 is 1. The Labute approximate surface area is 184 Å². The molecule has 0 aliphatic carbocycles. The summed E-state index contributed by atoms with van der Waals surface area (Å²) in [4.78, 5) is 33.8. The highest BCUT2D eigenvalue weighted by atomic mass is 32.1. The van der Waals surface area contributed by atoms with Crippen molar-refractivity contribution >= 4 is 44.3 Å². The summed E-state index contributed by atoms with van der Waals surface area (Å²) in [5, 5.41) is 6.45. The fourth-order valence-electron chi connectivity index (χ4n) is 4.74. The van der Waals surface area contributed by atoms with Gasteiger partial charge in [0, 0.05) is 32.7 Å². The number of benzene rings is 1. The SMILES string of the molecule is COc1ccc(N2CCOCC2)c2sc(NC(=O)N3CCC4(CCNC4=O)CC3)nc12. The van der Waals surface area contributed by atoms with Crippen molar-refractivity contribution in [1.29, 1.82) is 0 Å². The summed E-state index contributed by atoms with van der Waals surface area (Å²) in [6.45, 7) is 4.94. The Kier molecular flexibility index (Phi) is 5.35. The van der Waals surface area contributed by atoms with Crippen molar-refractivity contribution in [2.75, 3.05) is 63.3 Å². The maximum absolute atomic E-state index is 12.9. The fourth-order valence-corrected chi connectivity index (χ4v) is 5.76.